The maximum atomic E-state index is 14.6. The predicted octanol–water partition coefficient (Wildman–Crippen LogP) is 2.98. The van der Waals surface area contributed by atoms with E-state index in [4.69, 9.17) is 10.5 Å². The topological polar surface area (TPSA) is 115 Å². The highest BCUT2D eigenvalue weighted by atomic mass is 19.1. The summed E-state index contributed by atoms with van der Waals surface area (Å²) in [6, 6.07) is 6.84. The smallest absolute Gasteiger partial charge is 0.150 e. The van der Waals surface area contributed by atoms with Gasteiger partial charge in [-0.1, -0.05) is 0 Å². The molecule has 0 fully saturated rings. The van der Waals surface area contributed by atoms with Gasteiger partial charge in [0, 0.05) is 73.0 Å². The van der Waals surface area contributed by atoms with E-state index in [0.717, 1.165) is 33.3 Å². The summed E-state index contributed by atoms with van der Waals surface area (Å²) in [5, 5.41) is 12.4. The van der Waals surface area contributed by atoms with E-state index in [9.17, 15) is 4.39 Å². The number of pyridine rings is 2. The van der Waals surface area contributed by atoms with Crippen molar-refractivity contribution < 1.29 is 9.13 Å². The Morgan fingerprint density at radius 3 is 2.84 bits per heavy atom. The number of ether oxygens (including phenoxy) is 1. The summed E-state index contributed by atoms with van der Waals surface area (Å²) in [6.07, 6.45) is 4.12. The first-order valence-electron chi connectivity index (χ1n) is 10.3. The van der Waals surface area contributed by atoms with Gasteiger partial charge < -0.3 is 26.5 Å². The summed E-state index contributed by atoms with van der Waals surface area (Å²) in [5.74, 6) is 2.18. The van der Waals surface area contributed by atoms with E-state index in [1.807, 2.05) is 13.1 Å². The summed E-state index contributed by atoms with van der Waals surface area (Å²) in [4.78, 5) is 10.5. The van der Waals surface area contributed by atoms with E-state index in [1.165, 1.54) is 6.07 Å². The molecule has 10 heteroatoms. The number of aromatic nitrogens is 4. The molecule has 1 aliphatic rings. The molecule has 1 aromatic carbocycles. The lowest BCUT2D eigenvalue weighted by molar-refractivity contribution is 0.356. The monoisotopic (exact) mass is 434 g/mol. The van der Waals surface area contributed by atoms with Crippen LogP contribution in [0.4, 0.5) is 21.8 Å². The number of halogens is 1. The van der Waals surface area contributed by atoms with E-state index in [1.54, 1.807) is 36.4 Å². The van der Waals surface area contributed by atoms with Crippen LogP contribution in [0.1, 0.15) is 11.1 Å². The first-order valence-corrected chi connectivity index (χ1v) is 10.3. The minimum Gasteiger partial charge on any atom is -0.493 e. The molecule has 4 aromatic rings. The van der Waals surface area contributed by atoms with E-state index in [0.29, 0.717) is 36.0 Å². The summed E-state index contributed by atoms with van der Waals surface area (Å²) in [5.41, 5.74) is 12.2. The van der Waals surface area contributed by atoms with Gasteiger partial charge in [0.1, 0.15) is 23.2 Å². The number of benzene rings is 1. The number of nitrogens with two attached hydrogens (primary N) is 1. The molecule has 4 heterocycles. The molecule has 0 aliphatic carbocycles. The Morgan fingerprint density at radius 1 is 1.16 bits per heavy atom. The van der Waals surface area contributed by atoms with Gasteiger partial charge in [-0.15, -0.1) is 5.10 Å². The molecule has 0 atom stereocenters. The van der Waals surface area contributed by atoms with Crippen LogP contribution in [-0.2, 0) is 13.0 Å². The zero-order chi connectivity index (χ0) is 22.2. The molecule has 0 bridgehead atoms. The fraction of sp³-hybridized carbons (Fsp3) is 0.227. The molecule has 0 saturated heterocycles. The number of nitrogen functional groups attached to an aromatic ring is 1. The Balaban J connectivity index is 1.56. The highest BCUT2D eigenvalue weighted by Crippen LogP contribution is 2.34. The largest absolute Gasteiger partial charge is 0.493 e. The predicted molar refractivity (Wildman–Crippen MR) is 123 cm³/mol. The van der Waals surface area contributed by atoms with Crippen LogP contribution in [0.5, 0.6) is 5.75 Å². The number of hydrogen-bond acceptors (Lipinski definition) is 8. The highest BCUT2D eigenvalue weighted by Gasteiger charge is 2.20. The third-order valence-electron chi connectivity index (χ3n) is 5.62. The number of hydrogen-bond donors (Lipinski definition) is 4. The average molecular weight is 434 g/mol. The lowest BCUT2D eigenvalue weighted by atomic mass is 10.0. The highest BCUT2D eigenvalue weighted by molar-refractivity contribution is 6.02. The zero-order valence-corrected chi connectivity index (χ0v) is 17.7. The van der Waals surface area contributed by atoms with Crippen molar-refractivity contribution >= 4 is 28.2 Å². The Kier molecular flexibility index (Phi) is 4.89. The third-order valence-corrected chi connectivity index (χ3v) is 5.62. The van der Waals surface area contributed by atoms with Crippen LogP contribution in [-0.4, -0.2) is 40.6 Å². The molecule has 1 aliphatic heterocycles. The van der Waals surface area contributed by atoms with E-state index < -0.39 is 0 Å². The van der Waals surface area contributed by atoms with Crippen LogP contribution in [0.2, 0.25) is 0 Å². The van der Waals surface area contributed by atoms with Gasteiger partial charge in [0.25, 0.3) is 0 Å². The number of anilines is 3. The standard InChI is InChI=1S/C22H23FN8O/c1-25-21-8-18(31(26-2)30-21)15-10-29-22(16-11-27-20(24)7-13(15)16)28-9-14-12-5-6-32-19(12)4-3-17(14)23/h3-4,7-8,10-11,26H,5-6,9H2,1-2H3,(H2,24,27)(H,25,30)(H,28,29). The number of nitrogens with zero attached hydrogens (tertiary/aromatic N) is 4. The number of rotatable bonds is 6. The van der Waals surface area contributed by atoms with Crippen LogP contribution >= 0.6 is 0 Å². The Morgan fingerprint density at radius 2 is 2.03 bits per heavy atom. The molecular weight excluding hydrogens is 411 g/mol. The van der Waals surface area contributed by atoms with Gasteiger partial charge in [-0.05, 0) is 18.2 Å². The van der Waals surface area contributed by atoms with Crippen LogP contribution in [0, 0.1) is 5.82 Å². The first-order chi connectivity index (χ1) is 15.6. The molecule has 0 unspecified atom stereocenters. The first kappa shape index (κ1) is 19.9. The zero-order valence-electron chi connectivity index (χ0n) is 17.7. The van der Waals surface area contributed by atoms with Gasteiger partial charge in [0.15, 0.2) is 5.82 Å². The summed E-state index contributed by atoms with van der Waals surface area (Å²) >= 11 is 0. The van der Waals surface area contributed by atoms with Gasteiger partial charge in [-0.3, -0.25) is 0 Å². The molecule has 32 heavy (non-hydrogen) atoms. The van der Waals surface area contributed by atoms with Crippen LogP contribution in [0.3, 0.4) is 0 Å². The van der Waals surface area contributed by atoms with Crippen molar-refractivity contribution in [2.24, 2.45) is 0 Å². The molecule has 5 N–H and O–H groups in total. The van der Waals surface area contributed by atoms with Crippen molar-refractivity contribution in [2.75, 3.05) is 42.5 Å². The fourth-order valence-electron chi connectivity index (χ4n) is 4.04. The quantitative estimate of drug-likeness (QED) is 0.366. The van der Waals surface area contributed by atoms with Crippen molar-refractivity contribution in [3.63, 3.8) is 0 Å². The van der Waals surface area contributed by atoms with Crippen molar-refractivity contribution in [2.45, 2.75) is 13.0 Å². The molecule has 164 valence electrons. The Bertz CT molecular complexity index is 1320. The maximum Gasteiger partial charge on any atom is 0.150 e. The average Bonchev–Trinajstić information content (AvgIpc) is 3.45. The molecule has 9 nitrogen and oxygen atoms in total. The lowest BCUT2D eigenvalue weighted by Gasteiger charge is -2.14. The maximum absolute atomic E-state index is 14.6. The SMILES string of the molecule is CNc1cc(-c2cnc(NCc3c(F)ccc4c3CCO4)c3cnc(N)cc23)n(NC)n1. The van der Waals surface area contributed by atoms with Crippen LogP contribution in [0.15, 0.2) is 36.7 Å². The van der Waals surface area contributed by atoms with Gasteiger partial charge in [0.05, 0.1) is 12.3 Å². The normalized spacial score (nSPS) is 12.5. The summed E-state index contributed by atoms with van der Waals surface area (Å²) in [6.45, 7) is 0.848. The molecule has 5 rings (SSSR count). The van der Waals surface area contributed by atoms with Crippen molar-refractivity contribution in [1.29, 1.82) is 0 Å². The second kappa shape index (κ2) is 7.88. The van der Waals surface area contributed by atoms with Gasteiger partial charge >= 0.3 is 0 Å². The van der Waals surface area contributed by atoms with Gasteiger partial charge in [-0.25, -0.2) is 14.4 Å². The summed E-state index contributed by atoms with van der Waals surface area (Å²) in [7, 11) is 3.59. The van der Waals surface area contributed by atoms with E-state index >= 15 is 0 Å². The molecule has 0 radical (unpaired) electrons. The van der Waals surface area contributed by atoms with Crippen LogP contribution in [0.25, 0.3) is 22.0 Å². The summed E-state index contributed by atoms with van der Waals surface area (Å²) < 4.78 is 20.1. The van der Waals surface area contributed by atoms with E-state index in [2.05, 4.69) is 31.1 Å². The van der Waals surface area contributed by atoms with Gasteiger partial charge in [-0.2, -0.15) is 4.79 Å². The molecule has 3 aromatic heterocycles. The third kappa shape index (κ3) is 3.29. The second-order valence-electron chi connectivity index (χ2n) is 7.43. The van der Waals surface area contributed by atoms with Crippen molar-refractivity contribution in [3.05, 3.63) is 53.6 Å². The molecule has 0 spiro atoms. The second-order valence-corrected chi connectivity index (χ2v) is 7.43. The number of fused-ring (bicyclic) bond motifs is 2. The van der Waals surface area contributed by atoms with Gasteiger partial charge in [0.2, 0.25) is 0 Å². The lowest BCUT2D eigenvalue weighted by Crippen LogP contribution is -2.13. The number of nitrogens with one attached hydrogen (secondary N) is 3. The molecule has 0 saturated carbocycles. The fourth-order valence-corrected chi connectivity index (χ4v) is 4.04. The van der Waals surface area contributed by atoms with Crippen molar-refractivity contribution in [3.8, 4) is 17.0 Å². The molecular formula is C22H23FN8O. The minimum atomic E-state index is -0.262. The van der Waals surface area contributed by atoms with Crippen LogP contribution < -0.4 is 26.5 Å². The molecule has 0 amide bonds. The van der Waals surface area contributed by atoms with E-state index in [-0.39, 0.29) is 12.4 Å². The Hall–Kier alpha value is -4.08. The minimum absolute atomic E-state index is 0.262. The Labute approximate surface area is 183 Å². The van der Waals surface area contributed by atoms with Crippen molar-refractivity contribution in [1.82, 2.24) is 19.9 Å².